The van der Waals surface area contributed by atoms with Crippen LogP contribution < -0.4 is 4.52 Å². The van der Waals surface area contributed by atoms with Gasteiger partial charge in [0, 0.05) is 0 Å². The Balaban J connectivity index is 2.41. The van der Waals surface area contributed by atoms with Crippen molar-refractivity contribution in [3.8, 4) is 28.0 Å². The molecule has 0 radical (unpaired) electrons. The van der Waals surface area contributed by atoms with E-state index in [9.17, 15) is 4.57 Å². The maximum atomic E-state index is 11.0. The van der Waals surface area contributed by atoms with Crippen LogP contribution in [0.4, 0.5) is 0 Å². The summed E-state index contributed by atoms with van der Waals surface area (Å²) in [6.07, 6.45) is 0. The van der Waals surface area contributed by atoms with Crippen molar-refractivity contribution in [2.45, 2.75) is 52.4 Å². The van der Waals surface area contributed by atoms with E-state index in [1.807, 2.05) is 30.3 Å². The van der Waals surface area contributed by atoms with Crippen LogP contribution in [0.3, 0.4) is 0 Å². The minimum Gasteiger partial charge on any atom is -0.408 e. The first kappa shape index (κ1) is 21.3. The summed E-state index contributed by atoms with van der Waals surface area (Å²) >= 11 is 0. The highest BCUT2D eigenvalue weighted by atomic mass is 31.1. The summed E-state index contributed by atoms with van der Waals surface area (Å²) in [7, 11) is -0.348. The number of hydrogen-bond donors (Lipinski definition) is 0. The van der Waals surface area contributed by atoms with E-state index in [4.69, 9.17) is 4.52 Å². The van der Waals surface area contributed by atoms with Crippen molar-refractivity contribution in [2.75, 3.05) is 0 Å². The molecule has 3 heteroatoms. The molecule has 29 heavy (non-hydrogen) atoms. The van der Waals surface area contributed by atoms with Gasteiger partial charge >= 0.3 is 8.69 Å². The SMILES string of the molecule is CC(C)(C)c1cccc(C(C)(C)C)c1-c1ccc(OP=O)cc1-c1ccccc1. The molecule has 3 rings (SSSR count). The van der Waals surface area contributed by atoms with Gasteiger partial charge in [-0.3, -0.25) is 0 Å². The summed E-state index contributed by atoms with van der Waals surface area (Å²) in [6.45, 7) is 13.5. The van der Waals surface area contributed by atoms with Crippen LogP contribution in [-0.2, 0) is 15.4 Å². The Bertz CT molecular complexity index is 977. The van der Waals surface area contributed by atoms with Crippen molar-refractivity contribution in [3.63, 3.8) is 0 Å². The monoisotopic (exact) mass is 404 g/mol. The average molecular weight is 404 g/mol. The molecule has 3 aromatic carbocycles. The molecular weight excluding hydrogens is 375 g/mol. The lowest BCUT2D eigenvalue weighted by Gasteiger charge is -2.31. The molecule has 0 atom stereocenters. The molecular formula is C26H29O2P. The number of hydrogen-bond acceptors (Lipinski definition) is 2. The maximum absolute atomic E-state index is 11.0. The van der Waals surface area contributed by atoms with Crippen molar-refractivity contribution >= 4 is 8.69 Å². The first-order valence-corrected chi connectivity index (χ1v) is 10.7. The quantitative estimate of drug-likeness (QED) is 0.410. The predicted octanol–water partition coefficient (Wildman–Crippen LogP) is 8.20. The van der Waals surface area contributed by atoms with Gasteiger partial charge < -0.3 is 4.52 Å². The molecule has 2 nitrogen and oxygen atoms in total. The molecule has 0 N–H and O–H groups in total. The largest absolute Gasteiger partial charge is 0.408 e. The molecule has 0 fully saturated rings. The molecule has 0 amide bonds. The third kappa shape index (κ3) is 4.60. The molecule has 0 heterocycles. The van der Waals surface area contributed by atoms with Crippen molar-refractivity contribution in [3.05, 3.63) is 77.9 Å². The van der Waals surface area contributed by atoms with Gasteiger partial charge in [0.05, 0.1) is 0 Å². The second-order valence-corrected chi connectivity index (χ2v) is 9.80. The summed E-state index contributed by atoms with van der Waals surface area (Å²) in [6, 6.07) is 22.9. The fourth-order valence-electron chi connectivity index (χ4n) is 3.79. The molecule has 0 saturated heterocycles. The fourth-order valence-corrected chi connectivity index (χ4v) is 3.99. The van der Waals surface area contributed by atoms with E-state index in [-0.39, 0.29) is 19.5 Å². The van der Waals surface area contributed by atoms with Crippen LogP contribution in [-0.4, -0.2) is 0 Å². The molecule has 0 spiro atoms. The molecule has 0 aliphatic carbocycles. The molecule has 0 aliphatic heterocycles. The molecule has 0 bridgehead atoms. The van der Waals surface area contributed by atoms with Gasteiger partial charge in [-0.15, -0.1) is 0 Å². The summed E-state index contributed by atoms with van der Waals surface area (Å²) < 4.78 is 16.3. The molecule has 0 saturated carbocycles. The van der Waals surface area contributed by atoms with Gasteiger partial charge in [-0.05, 0) is 56.3 Å². The van der Waals surface area contributed by atoms with Gasteiger partial charge in [-0.2, -0.15) is 0 Å². The summed E-state index contributed by atoms with van der Waals surface area (Å²) in [5, 5.41) is 0. The molecule has 0 aromatic heterocycles. The van der Waals surface area contributed by atoms with Gasteiger partial charge in [-0.1, -0.05) is 96.1 Å². The Morgan fingerprint density at radius 3 is 1.79 bits per heavy atom. The van der Waals surface area contributed by atoms with Crippen LogP contribution in [0.1, 0.15) is 52.7 Å². The first-order valence-electron chi connectivity index (χ1n) is 9.96. The van der Waals surface area contributed by atoms with Crippen LogP contribution in [0.25, 0.3) is 22.3 Å². The predicted molar refractivity (Wildman–Crippen MR) is 123 cm³/mol. The zero-order valence-electron chi connectivity index (χ0n) is 18.1. The second kappa shape index (κ2) is 8.13. The highest BCUT2D eigenvalue weighted by Crippen LogP contribution is 2.45. The van der Waals surface area contributed by atoms with Gasteiger partial charge in [0.2, 0.25) is 0 Å². The fraction of sp³-hybridized carbons (Fsp3) is 0.308. The van der Waals surface area contributed by atoms with E-state index in [0.29, 0.717) is 5.75 Å². The zero-order valence-corrected chi connectivity index (χ0v) is 19.0. The van der Waals surface area contributed by atoms with E-state index in [1.54, 1.807) is 0 Å². The number of rotatable bonds is 4. The van der Waals surface area contributed by atoms with Crippen LogP contribution in [0, 0.1) is 0 Å². The van der Waals surface area contributed by atoms with Crippen LogP contribution in [0.15, 0.2) is 66.7 Å². The Morgan fingerprint density at radius 2 is 1.28 bits per heavy atom. The average Bonchev–Trinajstić information content (AvgIpc) is 2.67. The summed E-state index contributed by atoms with van der Waals surface area (Å²) in [5.41, 5.74) is 7.25. The third-order valence-electron chi connectivity index (χ3n) is 5.17. The van der Waals surface area contributed by atoms with E-state index < -0.39 is 0 Å². The minimum atomic E-state index is -0.348. The first-order chi connectivity index (χ1) is 13.6. The lowest BCUT2D eigenvalue weighted by molar-refractivity contribution is 0.525. The van der Waals surface area contributed by atoms with Gasteiger partial charge in [-0.25, -0.2) is 4.57 Å². The van der Waals surface area contributed by atoms with Crippen molar-refractivity contribution in [1.29, 1.82) is 0 Å². The molecule has 150 valence electrons. The topological polar surface area (TPSA) is 26.3 Å². The number of benzene rings is 3. The van der Waals surface area contributed by atoms with Gasteiger partial charge in [0.1, 0.15) is 5.75 Å². The Labute approximate surface area is 176 Å². The Morgan fingerprint density at radius 1 is 0.690 bits per heavy atom. The van der Waals surface area contributed by atoms with Crippen LogP contribution in [0.2, 0.25) is 0 Å². The van der Waals surface area contributed by atoms with Gasteiger partial charge in [0.25, 0.3) is 0 Å². The molecule has 0 aliphatic rings. The van der Waals surface area contributed by atoms with Crippen LogP contribution in [0.5, 0.6) is 5.75 Å². The highest BCUT2D eigenvalue weighted by Gasteiger charge is 2.27. The minimum absolute atomic E-state index is 0.00659. The van der Waals surface area contributed by atoms with Crippen LogP contribution >= 0.6 is 8.69 Å². The normalized spacial score (nSPS) is 12.2. The van der Waals surface area contributed by atoms with Crippen molar-refractivity contribution in [2.24, 2.45) is 0 Å². The van der Waals surface area contributed by atoms with E-state index in [0.717, 1.165) is 11.1 Å². The summed E-state index contributed by atoms with van der Waals surface area (Å²) in [4.78, 5) is 0. The highest BCUT2D eigenvalue weighted by molar-refractivity contribution is 7.17. The third-order valence-corrected chi connectivity index (χ3v) is 5.45. The Hall–Kier alpha value is -2.44. The van der Waals surface area contributed by atoms with E-state index >= 15 is 0 Å². The molecule has 3 aromatic rings. The van der Waals surface area contributed by atoms with Crippen molar-refractivity contribution in [1.82, 2.24) is 0 Å². The lowest BCUT2D eigenvalue weighted by atomic mass is 9.73. The van der Waals surface area contributed by atoms with Gasteiger partial charge in [0.15, 0.2) is 0 Å². The smallest absolute Gasteiger partial charge is 0.395 e. The lowest BCUT2D eigenvalue weighted by Crippen LogP contribution is -2.19. The van der Waals surface area contributed by atoms with E-state index in [1.165, 1.54) is 22.3 Å². The maximum Gasteiger partial charge on any atom is 0.395 e. The summed E-state index contributed by atoms with van der Waals surface area (Å²) in [5.74, 6) is 0.592. The Kier molecular flexibility index (Phi) is 5.96. The standard InChI is InChI=1S/C26H29O2P/c1-25(2,3)22-13-10-14-23(26(4,5)6)24(22)20-16-15-19(28-29-27)17-21(20)18-11-8-7-9-12-18/h7-17H,1-6H3. The van der Waals surface area contributed by atoms with E-state index in [2.05, 4.69) is 77.9 Å². The zero-order chi connectivity index (χ0) is 21.2. The second-order valence-electron chi connectivity index (χ2n) is 9.47. The molecule has 0 unspecified atom stereocenters. The van der Waals surface area contributed by atoms with Crippen molar-refractivity contribution < 1.29 is 9.09 Å².